The van der Waals surface area contributed by atoms with Gasteiger partial charge in [-0.25, -0.2) is 4.79 Å². The Hall–Kier alpha value is -1.95. The van der Waals surface area contributed by atoms with Gasteiger partial charge in [-0.15, -0.1) is 0 Å². The van der Waals surface area contributed by atoms with E-state index in [2.05, 4.69) is 15.0 Å². The van der Waals surface area contributed by atoms with Gasteiger partial charge in [-0.1, -0.05) is 0 Å². The van der Waals surface area contributed by atoms with Crippen LogP contribution < -0.4 is 11.1 Å². The van der Waals surface area contributed by atoms with Gasteiger partial charge < -0.3 is 15.8 Å². The van der Waals surface area contributed by atoms with Crippen LogP contribution in [0, 0.1) is 0 Å². The van der Waals surface area contributed by atoms with E-state index in [0.29, 0.717) is 25.1 Å². The summed E-state index contributed by atoms with van der Waals surface area (Å²) in [6, 6.07) is 3.37. The van der Waals surface area contributed by atoms with Crippen LogP contribution in [0.15, 0.2) is 18.3 Å². The molecule has 0 aliphatic carbocycles. The molecule has 1 aromatic rings. The molecule has 0 fully saturated rings. The summed E-state index contributed by atoms with van der Waals surface area (Å²) in [6.07, 6.45) is 1.75. The van der Waals surface area contributed by atoms with Gasteiger partial charge in [0.2, 0.25) is 5.91 Å². The number of hydrogen-bond acceptors (Lipinski definition) is 5. The summed E-state index contributed by atoms with van der Waals surface area (Å²) >= 11 is 0. The Kier molecular flexibility index (Phi) is 5.09. The molecule has 1 rings (SSSR count). The molecule has 0 aromatic carbocycles. The molecule has 17 heavy (non-hydrogen) atoms. The van der Waals surface area contributed by atoms with Crippen molar-refractivity contribution in [2.45, 2.75) is 13.0 Å². The van der Waals surface area contributed by atoms with Crippen LogP contribution in [0.25, 0.3) is 0 Å². The lowest BCUT2D eigenvalue weighted by Crippen LogP contribution is -2.22. The third kappa shape index (κ3) is 4.60. The van der Waals surface area contributed by atoms with E-state index in [1.807, 2.05) is 0 Å². The van der Waals surface area contributed by atoms with E-state index < -0.39 is 5.97 Å². The van der Waals surface area contributed by atoms with Crippen LogP contribution >= 0.6 is 0 Å². The maximum absolute atomic E-state index is 11.1. The van der Waals surface area contributed by atoms with E-state index in [4.69, 9.17) is 5.73 Å². The van der Waals surface area contributed by atoms with Crippen molar-refractivity contribution in [2.75, 3.05) is 13.7 Å². The number of carbonyl (C=O) groups is 2. The fourth-order valence-corrected chi connectivity index (χ4v) is 1.20. The summed E-state index contributed by atoms with van der Waals surface area (Å²) < 4.78 is 4.56. The fraction of sp³-hybridized carbons (Fsp3) is 0.364. The average Bonchev–Trinajstić information content (AvgIpc) is 2.34. The van der Waals surface area contributed by atoms with Crippen LogP contribution in [-0.4, -0.2) is 30.5 Å². The van der Waals surface area contributed by atoms with Crippen LogP contribution in [0.5, 0.6) is 0 Å². The predicted octanol–water partition coefficient (Wildman–Crippen LogP) is -0.167. The molecule has 92 valence electrons. The van der Waals surface area contributed by atoms with Gasteiger partial charge in [-0.05, 0) is 12.1 Å². The van der Waals surface area contributed by atoms with Crippen molar-refractivity contribution in [3.63, 3.8) is 0 Å². The molecule has 6 nitrogen and oxygen atoms in total. The zero-order chi connectivity index (χ0) is 12.7. The first-order valence-corrected chi connectivity index (χ1v) is 5.15. The highest BCUT2D eigenvalue weighted by Crippen LogP contribution is 2.01. The van der Waals surface area contributed by atoms with Crippen LogP contribution in [0.3, 0.4) is 0 Å². The van der Waals surface area contributed by atoms with Gasteiger partial charge in [0.1, 0.15) is 0 Å². The molecule has 0 aliphatic rings. The number of rotatable bonds is 6. The average molecular weight is 237 g/mol. The molecular formula is C11H15N3O3. The second-order valence-electron chi connectivity index (χ2n) is 3.42. The Morgan fingerprint density at radius 1 is 1.47 bits per heavy atom. The van der Waals surface area contributed by atoms with Crippen molar-refractivity contribution in [1.29, 1.82) is 0 Å². The summed E-state index contributed by atoms with van der Waals surface area (Å²) in [5, 5.41) is 3.02. The number of hydrogen-bond donors (Lipinski definition) is 2. The number of ether oxygens (including phenoxy) is 1. The van der Waals surface area contributed by atoms with Crippen molar-refractivity contribution < 1.29 is 14.3 Å². The summed E-state index contributed by atoms with van der Waals surface area (Å²) in [5.41, 5.74) is 6.18. The van der Waals surface area contributed by atoms with Gasteiger partial charge in [0, 0.05) is 25.7 Å². The Morgan fingerprint density at radius 3 is 2.76 bits per heavy atom. The van der Waals surface area contributed by atoms with E-state index in [9.17, 15) is 9.59 Å². The normalized spacial score (nSPS) is 9.94. The molecule has 0 aliphatic heterocycles. The molecule has 1 heterocycles. The lowest BCUT2D eigenvalue weighted by molar-refractivity contribution is -0.117. The van der Waals surface area contributed by atoms with Crippen molar-refractivity contribution >= 4 is 11.9 Å². The Bertz CT molecular complexity index is 389. The highest BCUT2D eigenvalue weighted by molar-refractivity contribution is 5.88. The zero-order valence-corrected chi connectivity index (χ0v) is 9.60. The Morgan fingerprint density at radius 2 is 2.24 bits per heavy atom. The summed E-state index contributed by atoms with van der Waals surface area (Å²) in [4.78, 5) is 25.7. The first-order chi connectivity index (χ1) is 8.13. The topological polar surface area (TPSA) is 94.3 Å². The van der Waals surface area contributed by atoms with Crippen LogP contribution in [0.2, 0.25) is 0 Å². The molecule has 0 radical (unpaired) electrons. The lowest BCUT2D eigenvalue weighted by atomic mass is 10.2. The highest BCUT2D eigenvalue weighted by Gasteiger charge is 2.05. The summed E-state index contributed by atoms with van der Waals surface area (Å²) in [5.74, 6) is -0.753. The third-order valence-corrected chi connectivity index (χ3v) is 2.10. The molecule has 3 N–H and O–H groups in total. The number of nitrogens with one attached hydrogen (secondary N) is 1. The molecule has 0 unspecified atom stereocenters. The van der Waals surface area contributed by atoms with Gasteiger partial charge in [-0.2, -0.15) is 0 Å². The van der Waals surface area contributed by atoms with Gasteiger partial charge in [0.15, 0.2) is 0 Å². The monoisotopic (exact) mass is 237 g/mol. The van der Waals surface area contributed by atoms with Crippen LogP contribution in [0.4, 0.5) is 0 Å². The number of methoxy groups -OCH3 is 1. The zero-order valence-electron chi connectivity index (χ0n) is 9.60. The second-order valence-corrected chi connectivity index (χ2v) is 3.42. The molecular weight excluding hydrogens is 222 g/mol. The minimum absolute atomic E-state index is 0.292. The number of nitrogens with two attached hydrogens (primary N) is 1. The fourth-order valence-electron chi connectivity index (χ4n) is 1.20. The second kappa shape index (κ2) is 6.59. The minimum atomic E-state index is -0.411. The number of carbonyl (C=O) groups excluding carboxylic acids is 2. The summed E-state index contributed by atoms with van der Waals surface area (Å²) in [6.45, 7) is 1.03. The van der Waals surface area contributed by atoms with Crippen molar-refractivity contribution in [3.8, 4) is 0 Å². The molecule has 1 aromatic heterocycles. The number of aromatic nitrogens is 1. The van der Waals surface area contributed by atoms with Crippen LogP contribution in [0.1, 0.15) is 22.5 Å². The smallest absolute Gasteiger partial charge is 0.339 e. The Balaban J connectivity index is 2.40. The minimum Gasteiger partial charge on any atom is -0.465 e. The van der Waals surface area contributed by atoms with E-state index in [1.165, 1.54) is 13.3 Å². The molecule has 0 spiro atoms. The standard InChI is InChI=1S/C11H15N3O3/c1-17-11(16)8-2-3-9(14-6-8)7-13-5-4-10(12)15/h2-3,6,13H,4-5,7H2,1H3,(H2,12,15). The largest absolute Gasteiger partial charge is 0.465 e. The summed E-state index contributed by atoms with van der Waals surface area (Å²) in [7, 11) is 1.32. The first kappa shape index (κ1) is 13.1. The SMILES string of the molecule is COC(=O)c1ccc(CNCCC(N)=O)nc1. The number of amides is 1. The van der Waals surface area contributed by atoms with Crippen LogP contribution in [-0.2, 0) is 16.1 Å². The van der Waals surface area contributed by atoms with E-state index in [-0.39, 0.29) is 5.91 Å². The van der Waals surface area contributed by atoms with Gasteiger partial charge in [0.05, 0.1) is 18.4 Å². The lowest BCUT2D eigenvalue weighted by Gasteiger charge is -2.03. The molecule has 1 amide bonds. The first-order valence-electron chi connectivity index (χ1n) is 5.15. The number of primary amides is 1. The predicted molar refractivity (Wildman–Crippen MR) is 61.1 cm³/mol. The maximum atomic E-state index is 11.1. The van der Waals surface area contributed by atoms with E-state index in [0.717, 1.165) is 5.69 Å². The van der Waals surface area contributed by atoms with E-state index in [1.54, 1.807) is 12.1 Å². The molecule has 6 heteroatoms. The molecule has 0 atom stereocenters. The molecule has 0 saturated carbocycles. The van der Waals surface area contributed by atoms with Gasteiger partial charge in [0.25, 0.3) is 0 Å². The van der Waals surface area contributed by atoms with E-state index >= 15 is 0 Å². The van der Waals surface area contributed by atoms with Gasteiger partial charge in [-0.3, -0.25) is 9.78 Å². The molecule has 0 saturated heterocycles. The van der Waals surface area contributed by atoms with Crippen molar-refractivity contribution in [3.05, 3.63) is 29.6 Å². The number of nitrogens with zero attached hydrogens (tertiary/aromatic N) is 1. The number of pyridine rings is 1. The van der Waals surface area contributed by atoms with Crippen molar-refractivity contribution in [1.82, 2.24) is 10.3 Å². The van der Waals surface area contributed by atoms with Crippen molar-refractivity contribution in [2.24, 2.45) is 5.73 Å². The maximum Gasteiger partial charge on any atom is 0.339 e. The quantitative estimate of drug-likeness (QED) is 0.529. The third-order valence-electron chi connectivity index (χ3n) is 2.10. The number of esters is 1. The highest BCUT2D eigenvalue weighted by atomic mass is 16.5. The molecule has 0 bridgehead atoms. The Labute approximate surface area is 99.2 Å². The van der Waals surface area contributed by atoms with Gasteiger partial charge >= 0.3 is 5.97 Å².